The predicted molar refractivity (Wildman–Crippen MR) is 441 cm³/mol. The first-order valence-corrected chi connectivity index (χ1v) is 32.8. The van der Waals surface area contributed by atoms with Gasteiger partial charge in [0.15, 0.2) is 22.6 Å². The van der Waals surface area contributed by atoms with E-state index in [4.69, 9.17) is 27.9 Å². The summed E-state index contributed by atoms with van der Waals surface area (Å²) in [5.41, 5.74) is 33.3. The van der Waals surface area contributed by atoms with Crippen LogP contribution in [0.1, 0.15) is 158 Å². The Balaban J connectivity index is 0.000000232. The van der Waals surface area contributed by atoms with Crippen LogP contribution in [-0.2, 0) is 7.05 Å². The van der Waals surface area contributed by atoms with Crippen molar-refractivity contribution in [3.8, 4) is 35.1 Å². The highest BCUT2D eigenvalue weighted by atomic mass is 32.1. The van der Waals surface area contributed by atoms with Crippen molar-refractivity contribution in [1.82, 2.24) is 68.2 Å². The van der Waals surface area contributed by atoms with Crippen LogP contribution >= 0.6 is 108 Å². The van der Waals surface area contributed by atoms with Crippen molar-refractivity contribution >= 4 is 154 Å². The Bertz CT molecular complexity index is 4260. The molecule has 99 heavy (non-hydrogen) atoms. The molecule has 536 valence electrons. The van der Waals surface area contributed by atoms with Crippen LogP contribution in [0.3, 0.4) is 0 Å². The van der Waals surface area contributed by atoms with Gasteiger partial charge in [-0.3, -0.25) is 4.68 Å². The van der Waals surface area contributed by atoms with Gasteiger partial charge in [0, 0.05) is 128 Å². The van der Waals surface area contributed by atoms with E-state index in [1.807, 2.05) is 116 Å². The number of anilines is 4. The second-order valence-corrected chi connectivity index (χ2v) is 26.5. The van der Waals surface area contributed by atoms with Gasteiger partial charge in [-0.15, -0.1) is 0 Å². The van der Waals surface area contributed by atoms with Gasteiger partial charge in [-0.05, 0) is 132 Å². The number of aryl methyl sites for hydroxylation is 1. The zero-order valence-electron chi connectivity index (χ0n) is 56.5. The van der Waals surface area contributed by atoms with Gasteiger partial charge in [0.1, 0.15) is 40.4 Å². The zero-order chi connectivity index (χ0) is 62.4. The molecule has 6 aliphatic carbocycles. The molecule has 0 spiro atoms. The van der Waals surface area contributed by atoms with E-state index >= 15 is 0 Å². The summed E-state index contributed by atoms with van der Waals surface area (Å²) in [5.74, 6) is 18.0. The fourth-order valence-electron chi connectivity index (χ4n) is 13.6. The van der Waals surface area contributed by atoms with E-state index in [9.17, 15) is 0 Å². The third-order valence-corrected chi connectivity index (χ3v) is 18.7. The van der Waals surface area contributed by atoms with Crippen LogP contribution in [0, 0.1) is 35.0 Å². The molecule has 22 nitrogen and oxygen atoms in total. The monoisotopic (exact) mass is 1490 g/mol. The van der Waals surface area contributed by atoms with E-state index in [1.54, 1.807) is 23.3 Å². The average Bonchev–Trinajstić information content (AvgIpc) is 1.60. The molecular formula is C69H102N22S8. The molecule has 16 rings (SSSR count). The first-order valence-electron chi connectivity index (χ1n) is 32.8. The minimum atomic E-state index is 0. The molecule has 30 heteroatoms. The van der Waals surface area contributed by atoms with E-state index in [0.29, 0.717) is 59.5 Å². The summed E-state index contributed by atoms with van der Waals surface area (Å²) in [6.07, 6.45) is 29.4. The maximum Gasteiger partial charge on any atom is 0.158 e. The van der Waals surface area contributed by atoms with Gasteiger partial charge in [-0.25, -0.2) is 19.9 Å². The van der Waals surface area contributed by atoms with Crippen LogP contribution < -0.4 is 44.2 Å². The fourth-order valence-corrected chi connectivity index (χ4v) is 13.6. The van der Waals surface area contributed by atoms with E-state index < -0.39 is 0 Å². The Morgan fingerprint density at radius 2 is 0.838 bits per heavy atom. The molecule has 0 amide bonds. The van der Waals surface area contributed by atoms with Crippen LogP contribution in [0.25, 0.3) is 34.0 Å². The standard InChI is InChI=1S/C19H25N5.C19H19N5.C16H23N5.C15H19N7.8H2S/c2*20-15-7-9-16(12-15)23-19-13-17(22-18-10-11-21-24(18)19)8-6-14-4-2-1-3-5-14;1-16(2)9-12(16)13-8-15(19-11-4-3-10(17)7-11)21-14(20-13)5-6-18-21;1-21-7-5-12(20-21)13-9-15(18-11-3-2-10(16)8-11)22-14(19-13)4-6-17-22;;;;;;;;/h10-11,13-16,23H,1-5,7,9,12,20H2;1-5,10-11,13,15-16,23H,7,9,12,20H2;5-6,8,10-12,19H,3-4,7,9,17H2,1-2H3;4-7,9-11,18H,2-3,8,16H2,1H3;8*1H2/t2*15-,16-;10-,11-,12?;10-,11-;;;;;;;;/m0000......../s1. The Morgan fingerprint density at radius 3 is 1.24 bits per heavy atom. The van der Waals surface area contributed by atoms with Crippen molar-refractivity contribution in [2.45, 2.75) is 184 Å². The summed E-state index contributed by atoms with van der Waals surface area (Å²) < 4.78 is 9.19. The normalized spacial score (nSPS) is 22.1. The molecule has 6 aliphatic rings. The number of hydrogen-bond acceptors (Lipinski definition) is 17. The SMILES string of the molecule is CC1(C)CC1c1cc(N[C@H]2CC[C@H](N)C2)n2nccc2n1.Cn1ccc(-c2cc(N[C@H]3CC[C@H](N)C3)n3nccc3n2)n1.N[C@H]1CC[C@H](Nc2cc(C#CC3CCCCC3)nc3ccnn23)C1.N[C@H]1CC[C@H](Nc2cc(C#Cc3ccccc3)nc3ccnn23)C1.S.S.S.S.S.S.S.S. The molecular weight excluding hydrogens is 1390 g/mol. The molecule has 6 saturated carbocycles. The van der Waals surface area contributed by atoms with Crippen LogP contribution in [-0.4, -0.2) is 117 Å². The van der Waals surface area contributed by atoms with E-state index in [2.05, 4.69) is 105 Å². The maximum absolute atomic E-state index is 6.03. The van der Waals surface area contributed by atoms with Crippen molar-refractivity contribution in [3.63, 3.8) is 0 Å². The second-order valence-electron chi connectivity index (χ2n) is 26.5. The third-order valence-electron chi connectivity index (χ3n) is 18.7. The second kappa shape index (κ2) is 38.2. The van der Waals surface area contributed by atoms with Gasteiger partial charge in [0.05, 0.1) is 36.2 Å². The number of hydrogen-bond donors (Lipinski definition) is 8. The molecule has 1 unspecified atom stereocenters. The Kier molecular flexibility index (Phi) is 32.3. The summed E-state index contributed by atoms with van der Waals surface area (Å²) in [5, 5.41) is 36.3. The topological polar surface area (TPSA) is 291 Å². The maximum atomic E-state index is 6.03. The van der Waals surface area contributed by atoms with E-state index in [-0.39, 0.29) is 114 Å². The Morgan fingerprint density at radius 1 is 0.434 bits per heavy atom. The van der Waals surface area contributed by atoms with Gasteiger partial charge >= 0.3 is 0 Å². The van der Waals surface area contributed by atoms with Gasteiger partial charge in [-0.2, -0.15) is 152 Å². The highest BCUT2D eigenvalue weighted by Crippen LogP contribution is 2.58. The van der Waals surface area contributed by atoms with Crippen LogP contribution in [0.4, 0.5) is 23.3 Å². The molecule has 0 radical (unpaired) electrons. The van der Waals surface area contributed by atoms with Crippen molar-refractivity contribution < 1.29 is 0 Å². The lowest BCUT2D eigenvalue weighted by Crippen LogP contribution is -2.22. The molecule has 6 fully saturated rings. The first kappa shape index (κ1) is 83.5. The lowest BCUT2D eigenvalue weighted by Gasteiger charge is -2.16. The molecule has 12 N–H and O–H groups in total. The summed E-state index contributed by atoms with van der Waals surface area (Å²) >= 11 is 0. The van der Waals surface area contributed by atoms with Crippen molar-refractivity contribution in [2.75, 3.05) is 21.3 Å². The summed E-state index contributed by atoms with van der Waals surface area (Å²) in [7, 11) is 1.90. The van der Waals surface area contributed by atoms with Crippen molar-refractivity contribution in [2.24, 2.45) is 41.3 Å². The van der Waals surface area contributed by atoms with Gasteiger partial charge in [0.2, 0.25) is 0 Å². The van der Waals surface area contributed by atoms with Crippen LogP contribution in [0.15, 0.2) is 116 Å². The molecule has 1 aromatic carbocycles. The highest BCUT2D eigenvalue weighted by Gasteiger charge is 2.48. The number of benzene rings is 1. The minimum absolute atomic E-state index is 0. The van der Waals surface area contributed by atoms with Crippen molar-refractivity contribution in [1.29, 1.82) is 0 Å². The van der Waals surface area contributed by atoms with Gasteiger partial charge in [0.25, 0.3) is 0 Å². The zero-order valence-corrected chi connectivity index (χ0v) is 64.5. The lowest BCUT2D eigenvalue weighted by atomic mass is 9.90. The molecule has 9 heterocycles. The number of rotatable bonds is 10. The molecule has 0 aliphatic heterocycles. The fraction of sp³-hybridized carbons (Fsp3) is 0.464. The lowest BCUT2D eigenvalue weighted by molar-refractivity contribution is 0.430. The molecule has 9 atom stereocenters. The minimum Gasteiger partial charge on any atom is -0.367 e. The molecule has 0 bridgehead atoms. The largest absolute Gasteiger partial charge is 0.367 e. The number of nitrogens with one attached hydrogen (secondary N) is 4. The summed E-state index contributed by atoms with van der Waals surface area (Å²) in [6.45, 7) is 4.62. The number of fused-ring (bicyclic) bond motifs is 4. The third kappa shape index (κ3) is 21.5. The summed E-state index contributed by atoms with van der Waals surface area (Å²) in [4.78, 5) is 18.6. The van der Waals surface area contributed by atoms with Gasteiger partial charge < -0.3 is 44.2 Å². The number of nitrogens with zero attached hydrogens (tertiary/aromatic N) is 14. The Labute approximate surface area is 637 Å². The summed E-state index contributed by atoms with van der Waals surface area (Å²) in [6, 6.07) is 30.6. The van der Waals surface area contributed by atoms with Crippen LogP contribution in [0.5, 0.6) is 0 Å². The highest BCUT2D eigenvalue weighted by molar-refractivity contribution is 7.60. The smallest absolute Gasteiger partial charge is 0.158 e. The van der Waals surface area contributed by atoms with Crippen LogP contribution in [0.2, 0.25) is 0 Å². The first-order chi connectivity index (χ1) is 44.3. The number of aromatic nitrogens is 14. The van der Waals surface area contributed by atoms with Crippen molar-refractivity contribution in [3.05, 3.63) is 139 Å². The molecule has 0 saturated heterocycles. The Hall–Kier alpha value is -6.13. The van der Waals surface area contributed by atoms with Gasteiger partial charge in [-0.1, -0.05) is 63.1 Å². The van der Waals surface area contributed by atoms with E-state index in [0.717, 1.165) is 151 Å². The molecule has 10 aromatic rings. The predicted octanol–water partition coefficient (Wildman–Crippen LogP) is 10.2. The van der Waals surface area contributed by atoms with E-state index in [1.165, 1.54) is 44.2 Å². The molecule has 9 aromatic heterocycles. The number of nitrogens with two attached hydrogens (primary N) is 4. The quantitative estimate of drug-likeness (QED) is 0.0591. The average molecular weight is 1500 g/mol.